The molecular formula is C26H25ClN2O7. The van der Waals surface area contributed by atoms with E-state index in [1.54, 1.807) is 44.2 Å². The first-order valence-corrected chi connectivity index (χ1v) is 11.4. The number of ether oxygens (including phenoxy) is 3. The highest BCUT2D eigenvalue weighted by atomic mass is 35.5. The number of nitrogens with one attached hydrogen (secondary N) is 1. The standard InChI is InChI=1S/C26H25ClN2O7/c1-5-7-17-10-16(12-21(34-4)23(17)36-14-22(30)35-6-2)11-19-24(31)28-26(33)29(25(19)32)18-9-8-15(3)20(27)13-18/h5,8-13H,1,6-7,14H2,2-4H3,(H,28,31,33)/b19-11-. The number of allylic oxidation sites excluding steroid dienone is 1. The van der Waals surface area contributed by atoms with Crippen molar-refractivity contribution in [3.8, 4) is 11.5 Å². The fourth-order valence-corrected chi connectivity index (χ4v) is 3.68. The van der Waals surface area contributed by atoms with Gasteiger partial charge in [-0.25, -0.2) is 14.5 Å². The second-order valence-electron chi connectivity index (χ2n) is 7.69. The highest BCUT2D eigenvalue weighted by Gasteiger charge is 2.37. The van der Waals surface area contributed by atoms with Crippen molar-refractivity contribution in [2.45, 2.75) is 20.3 Å². The van der Waals surface area contributed by atoms with Crippen molar-refractivity contribution in [1.82, 2.24) is 5.32 Å². The van der Waals surface area contributed by atoms with E-state index < -0.39 is 23.8 Å². The lowest BCUT2D eigenvalue weighted by Crippen LogP contribution is -2.54. The summed E-state index contributed by atoms with van der Waals surface area (Å²) in [5, 5.41) is 2.55. The van der Waals surface area contributed by atoms with E-state index in [1.165, 1.54) is 19.3 Å². The van der Waals surface area contributed by atoms with Gasteiger partial charge in [-0.3, -0.25) is 14.9 Å². The van der Waals surface area contributed by atoms with E-state index in [1.807, 2.05) is 0 Å². The van der Waals surface area contributed by atoms with Crippen LogP contribution in [0, 0.1) is 6.92 Å². The van der Waals surface area contributed by atoms with Crippen LogP contribution in [-0.4, -0.2) is 44.1 Å². The number of methoxy groups -OCH3 is 1. The van der Waals surface area contributed by atoms with Crippen molar-refractivity contribution in [3.05, 3.63) is 70.3 Å². The van der Waals surface area contributed by atoms with Crippen LogP contribution in [-0.2, 0) is 25.5 Å². The maximum absolute atomic E-state index is 13.2. The molecule has 0 aliphatic carbocycles. The lowest BCUT2D eigenvalue weighted by Gasteiger charge is -2.26. The zero-order valence-corrected chi connectivity index (χ0v) is 20.8. The molecule has 10 heteroatoms. The number of imide groups is 2. The van der Waals surface area contributed by atoms with Crippen LogP contribution in [0.3, 0.4) is 0 Å². The average Bonchev–Trinajstić information content (AvgIpc) is 2.83. The van der Waals surface area contributed by atoms with Crippen molar-refractivity contribution in [2.24, 2.45) is 0 Å². The van der Waals surface area contributed by atoms with Crippen LogP contribution >= 0.6 is 11.6 Å². The summed E-state index contributed by atoms with van der Waals surface area (Å²) in [5.41, 5.74) is 1.76. The van der Waals surface area contributed by atoms with Gasteiger partial charge in [0.15, 0.2) is 18.1 Å². The molecule has 1 saturated heterocycles. The number of barbiturate groups is 1. The minimum absolute atomic E-state index is 0.218. The van der Waals surface area contributed by atoms with Crippen LogP contribution in [0.2, 0.25) is 5.02 Å². The van der Waals surface area contributed by atoms with Crippen molar-refractivity contribution in [1.29, 1.82) is 0 Å². The van der Waals surface area contributed by atoms with Gasteiger partial charge in [0.2, 0.25) is 0 Å². The fraction of sp³-hybridized carbons (Fsp3) is 0.231. The highest BCUT2D eigenvalue weighted by Crippen LogP contribution is 2.35. The first kappa shape index (κ1) is 26.5. The molecule has 3 rings (SSSR count). The zero-order chi connectivity index (χ0) is 26.4. The van der Waals surface area contributed by atoms with Crippen LogP contribution in [0.1, 0.15) is 23.6 Å². The number of esters is 1. The Kier molecular flexibility index (Phi) is 8.50. The van der Waals surface area contributed by atoms with Crippen LogP contribution in [0.5, 0.6) is 11.5 Å². The predicted octanol–water partition coefficient (Wildman–Crippen LogP) is 3.99. The Balaban J connectivity index is 2.02. The zero-order valence-electron chi connectivity index (χ0n) is 20.1. The number of urea groups is 1. The Morgan fingerprint density at radius 3 is 2.58 bits per heavy atom. The maximum Gasteiger partial charge on any atom is 0.344 e. The van der Waals surface area contributed by atoms with Crippen molar-refractivity contribution in [2.75, 3.05) is 25.2 Å². The highest BCUT2D eigenvalue weighted by molar-refractivity contribution is 6.39. The van der Waals surface area contributed by atoms with E-state index in [-0.39, 0.29) is 30.2 Å². The number of anilines is 1. The van der Waals surface area contributed by atoms with Crippen molar-refractivity contribution < 1.29 is 33.4 Å². The summed E-state index contributed by atoms with van der Waals surface area (Å²) in [6.07, 6.45) is 3.32. The van der Waals surface area contributed by atoms with Gasteiger partial charge >= 0.3 is 12.0 Å². The third kappa shape index (κ3) is 5.75. The van der Waals surface area contributed by atoms with E-state index in [0.717, 1.165) is 10.5 Å². The van der Waals surface area contributed by atoms with Crippen LogP contribution in [0.4, 0.5) is 10.5 Å². The Hall–Kier alpha value is -4.11. The third-order valence-electron chi connectivity index (χ3n) is 5.20. The molecule has 0 bridgehead atoms. The van der Waals surface area contributed by atoms with Gasteiger partial charge < -0.3 is 14.2 Å². The molecule has 1 heterocycles. The minimum atomic E-state index is -0.880. The lowest BCUT2D eigenvalue weighted by molar-refractivity contribution is -0.145. The summed E-state index contributed by atoms with van der Waals surface area (Å²) in [6.45, 7) is 7.10. The Morgan fingerprint density at radius 1 is 1.19 bits per heavy atom. The number of halogens is 1. The van der Waals surface area contributed by atoms with Gasteiger partial charge in [-0.15, -0.1) is 6.58 Å². The summed E-state index contributed by atoms with van der Waals surface area (Å²) in [7, 11) is 1.42. The second kappa shape index (κ2) is 11.5. The number of benzene rings is 2. The SMILES string of the molecule is C=CCc1cc(/C=C2/C(=O)NC(=O)N(c3ccc(C)c(Cl)c3)C2=O)cc(OC)c1OCC(=O)OCC. The first-order chi connectivity index (χ1) is 17.2. The number of amides is 4. The molecule has 188 valence electrons. The molecule has 9 nitrogen and oxygen atoms in total. The molecule has 1 N–H and O–H groups in total. The van der Waals surface area contributed by atoms with Gasteiger partial charge in [0, 0.05) is 10.6 Å². The normalized spacial score (nSPS) is 14.5. The van der Waals surface area contributed by atoms with Crippen LogP contribution in [0.15, 0.2) is 48.6 Å². The molecule has 0 saturated carbocycles. The van der Waals surface area contributed by atoms with Gasteiger partial charge in [-0.1, -0.05) is 23.7 Å². The molecule has 0 radical (unpaired) electrons. The molecule has 0 spiro atoms. The summed E-state index contributed by atoms with van der Waals surface area (Å²) >= 11 is 6.17. The molecule has 2 aromatic carbocycles. The predicted molar refractivity (Wildman–Crippen MR) is 134 cm³/mol. The average molecular weight is 513 g/mol. The Morgan fingerprint density at radius 2 is 1.94 bits per heavy atom. The fourth-order valence-electron chi connectivity index (χ4n) is 3.50. The van der Waals surface area contributed by atoms with E-state index in [0.29, 0.717) is 28.3 Å². The molecule has 0 atom stereocenters. The largest absolute Gasteiger partial charge is 0.493 e. The number of hydrogen-bond donors (Lipinski definition) is 1. The monoisotopic (exact) mass is 512 g/mol. The number of rotatable bonds is 9. The smallest absolute Gasteiger partial charge is 0.344 e. The summed E-state index contributed by atoms with van der Waals surface area (Å²) < 4.78 is 16.0. The second-order valence-corrected chi connectivity index (χ2v) is 8.10. The van der Waals surface area contributed by atoms with E-state index in [4.69, 9.17) is 25.8 Å². The van der Waals surface area contributed by atoms with Gasteiger partial charge in [-0.2, -0.15) is 0 Å². The Labute approximate surface area is 213 Å². The van der Waals surface area contributed by atoms with Crippen molar-refractivity contribution >= 4 is 47.2 Å². The quantitative estimate of drug-likeness (QED) is 0.234. The van der Waals surface area contributed by atoms with E-state index in [9.17, 15) is 19.2 Å². The number of carbonyl (C=O) groups excluding carboxylic acids is 4. The molecule has 1 fully saturated rings. The molecule has 4 amide bonds. The summed E-state index contributed by atoms with van der Waals surface area (Å²) in [4.78, 5) is 50.9. The van der Waals surface area contributed by atoms with Gasteiger partial charge in [0.1, 0.15) is 5.57 Å². The van der Waals surface area contributed by atoms with E-state index in [2.05, 4.69) is 11.9 Å². The van der Waals surface area contributed by atoms with Crippen LogP contribution < -0.4 is 19.7 Å². The molecule has 36 heavy (non-hydrogen) atoms. The topological polar surface area (TPSA) is 111 Å². The summed E-state index contributed by atoms with van der Waals surface area (Å²) in [6, 6.07) is 7.04. The van der Waals surface area contributed by atoms with Crippen molar-refractivity contribution in [3.63, 3.8) is 0 Å². The third-order valence-corrected chi connectivity index (χ3v) is 5.61. The van der Waals surface area contributed by atoms with Gasteiger partial charge in [0.05, 0.1) is 19.4 Å². The molecule has 0 aromatic heterocycles. The summed E-state index contributed by atoms with van der Waals surface area (Å²) in [5.74, 6) is -1.62. The number of carbonyl (C=O) groups is 4. The maximum atomic E-state index is 13.2. The Bertz CT molecular complexity index is 1270. The van der Waals surface area contributed by atoms with Gasteiger partial charge in [-0.05, 0) is 61.7 Å². The number of aryl methyl sites for hydroxylation is 1. The van der Waals surface area contributed by atoms with E-state index >= 15 is 0 Å². The van der Waals surface area contributed by atoms with Crippen LogP contribution in [0.25, 0.3) is 6.08 Å². The molecule has 0 unspecified atom stereocenters. The lowest BCUT2D eigenvalue weighted by atomic mass is 10.0. The minimum Gasteiger partial charge on any atom is -0.493 e. The molecular weight excluding hydrogens is 488 g/mol. The van der Waals surface area contributed by atoms with Gasteiger partial charge in [0.25, 0.3) is 11.8 Å². The number of hydrogen-bond acceptors (Lipinski definition) is 7. The molecule has 1 aliphatic heterocycles. The first-order valence-electron chi connectivity index (χ1n) is 11.0. The number of nitrogens with zero attached hydrogens (tertiary/aromatic N) is 1. The molecule has 2 aromatic rings. The molecule has 1 aliphatic rings.